The van der Waals surface area contributed by atoms with Gasteiger partial charge in [-0.3, -0.25) is 4.79 Å². The standard InChI is InChI=1S/C62H94O17/c1-9-39-16-30(2)34(6)46(68-39)21-47-42(19-37(64)18-40-10-11-45-59(69-40)53-23-49(70-45)44-13-15-60(74-44,76-53)14-12-41-17-31(3)36(8)67-41)35(7)58-51(71-47)24-50-54(73-58)27-62(75-50)28-55-57(79-62)33(5)26-61(78-55)25-32(4)56-52(77-61)22-48(72-56)43(66)20-38(65)29-63/h30,32-33,35-36,38-59,63,65-66H,3,6,9-29H2,1-2,4-5,7-8H3/t30-,32+,33+,35-,36+,38-,39+,40-,41+,42-,43+,44+,45+,46-,47+,48+,49?,50-,51+,52+,53-,54-,55+,56+,57+,58+,59+,60+,61-,62+/m1/s1. The fourth-order valence-electron chi connectivity index (χ4n) is 17.7. The van der Waals surface area contributed by atoms with E-state index in [1.54, 1.807) is 0 Å². The summed E-state index contributed by atoms with van der Waals surface area (Å²) < 4.78 is 89.4. The Balaban J connectivity index is 0.667. The largest absolute Gasteiger partial charge is 0.394 e. The maximum Gasteiger partial charge on any atom is 0.174 e. The first-order valence-corrected chi connectivity index (χ1v) is 31.4. The lowest BCUT2D eigenvalue weighted by atomic mass is 9.72. The molecule has 3 N–H and O–H groups in total. The summed E-state index contributed by atoms with van der Waals surface area (Å²) >= 11 is 0. The highest BCUT2D eigenvalue weighted by Gasteiger charge is 2.65. The average Bonchev–Trinajstić information content (AvgIpc) is 4.36. The molecule has 79 heavy (non-hydrogen) atoms. The van der Waals surface area contributed by atoms with Gasteiger partial charge in [-0.25, -0.2) is 0 Å². The van der Waals surface area contributed by atoms with E-state index in [4.69, 9.17) is 61.6 Å². The number of aliphatic hydroxyl groups excluding tert-OH is 3. The first kappa shape index (κ1) is 56.6. The number of carbonyl (C=O) groups excluding carboxylic acids is 1. The summed E-state index contributed by atoms with van der Waals surface area (Å²) in [7, 11) is 0. The lowest BCUT2D eigenvalue weighted by molar-refractivity contribution is -0.347. The molecule has 0 saturated carbocycles. The molecule has 13 saturated heterocycles. The zero-order valence-corrected chi connectivity index (χ0v) is 47.9. The minimum Gasteiger partial charge on any atom is -0.394 e. The molecule has 13 aliphatic rings. The Bertz CT molecular complexity index is 2230. The first-order valence-electron chi connectivity index (χ1n) is 31.4. The Hall–Kier alpha value is -1.49. The Morgan fingerprint density at radius 2 is 1.37 bits per heavy atom. The van der Waals surface area contributed by atoms with Crippen LogP contribution in [-0.4, -0.2) is 179 Å². The first-order chi connectivity index (χ1) is 37.9. The van der Waals surface area contributed by atoms with Gasteiger partial charge in [0.05, 0.1) is 135 Å². The monoisotopic (exact) mass is 1110 g/mol. The zero-order chi connectivity index (χ0) is 54.9. The van der Waals surface area contributed by atoms with Crippen LogP contribution >= 0.6 is 0 Å². The number of aliphatic hydroxyl groups is 3. The summed E-state index contributed by atoms with van der Waals surface area (Å²) in [5.74, 6) is -1.76. The summed E-state index contributed by atoms with van der Waals surface area (Å²) in [4.78, 5) is 14.7. The van der Waals surface area contributed by atoms with Gasteiger partial charge in [-0.1, -0.05) is 47.8 Å². The number of ether oxygens (including phenoxy) is 13. The van der Waals surface area contributed by atoms with Crippen LogP contribution in [-0.2, 0) is 66.4 Å². The van der Waals surface area contributed by atoms with Gasteiger partial charge in [0, 0.05) is 83.5 Å². The molecule has 0 amide bonds. The Kier molecular flexibility index (Phi) is 15.8. The van der Waals surface area contributed by atoms with Gasteiger partial charge in [0.1, 0.15) is 11.9 Å². The maximum atomic E-state index is 14.7. The third kappa shape index (κ3) is 10.9. The van der Waals surface area contributed by atoms with E-state index in [9.17, 15) is 20.1 Å². The summed E-state index contributed by atoms with van der Waals surface area (Å²) in [6.45, 7) is 21.5. The number of hydrogen-bond acceptors (Lipinski definition) is 17. The number of ketones is 1. The lowest BCUT2D eigenvalue weighted by Gasteiger charge is -2.51. The topological polar surface area (TPSA) is 198 Å². The molecular formula is C62H94O17. The summed E-state index contributed by atoms with van der Waals surface area (Å²) in [5, 5.41) is 30.3. The van der Waals surface area contributed by atoms with Crippen molar-refractivity contribution in [2.75, 3.05) is 6.61 Å². The number of rotatable bonds is 14. The van der Waals surface area contributed by atoms with E-state index in [-0.39, 0.29) is 152 Å². The molecule has 13 aliphatic heterocycles. The van der Waals surface area contributed by atoms with Crippen LogP contribution in [0.5, 0.6) is 0 Å². The number of hydrogen-bond donors (Lipinski definition) is 3. The van der Waals surface area contributed by atoms with Crippen molar-refractivity contribution in [3.8, 4) is 0 Å². The van der Waals surface area contributed by atoms with Crippen LogP contribution in [0.15, 0.2) is 24.3 Å². The van der Waals surface area contributed by atoms with Crippen LogP contribution in [0.3, 0.4) is 0 Å². The van der Waals surface area contributed by atoms with Crippen molar-refractivity contribution >= 4 is 5.78 Å². The molecule has 13 heterocycles. The normalized spacial score (nSPS) is 53.5. The van der Waals surface area contributed by atoms with Crippen molar-refractivity contribution in [3.63, 3.8) is 0 Å². The Labute approximate surface area is 468 Å². The quantitative estimate of drug-likeness (QED) is 0.147. The minimum absolute atomic E-state index is 0.00766. The molecule has 13 fully saturated rings. The Morgan fingerprint density at radius 3 is 2.15 bits per heavy atom. The fourth-order valence-corrected chi connectivity index (χ4v) is 17.7. The summed E-state index contributed by atoms with van der Waals surface area (Å²) in [6, 6.07) is 0. The Morgan fingerprint density at radius 1 is 0.633 bits per heavy atom. The van der Waals surface area contributed by atoms with Gasteiger partial charge >= 0.3 is 0 Å². The smallest absolute Gasteiger partial charge is 0.174 e. The zero-order valence-electron chi connectivity index (χ0n) is 47.9. The van der Waals surface area contributed by atoms with E-state index in [1.807, 2.05) is 0 Å². The second-order valence-corrected chi connectivity index (χ2v) is 27.6. The minimum atomic E-state index is -1.01. The molecule has 13 rings (SSSR count). The van der Waals surface area contributed by atoms with Crippen LogP contribution in [0.4, 0.5) is 0 Å². The van der Waals surface area contributed by atoms with Gasteiger partial charge < -0.3 is 76.9 Å². The van der Waals surface area contributed by atoms with Crippen molar-refractivity contribution in [1.82, 2.24) is 0 Å². The van der Waals surface area contributed by atoms with Crippen molar-refractivity contribution in [2.45, 2.75) is 322 Å². The van der Waals surface area contributed by atoms with Gasteiger partial charge in [0.25, 0.3) is 0 Å². The molecule has 4 bridgehead atoms. The highest BCUT2D eigenvalue weighted by molar-refractivity contribution is 5.79. The van der Waals surface area contributed by atoms with E-state index >= 15 is 0 Å². The van der Waals surface area contributed by atoms with Gasteiger partial charge in [-0.15, -0.1) is 0 Å². The van der Waals surface area contributed by atoms with Gasteiger partial charge in [-0.2, -0.15) is 0 Å². The van der Waals surface area contributed by atoms with Gasteiger partial charge in [0.15, 0.2) is 17.4 Å². The van der Waals surface area contributed by atoms with Crippen molar-refractivity contribution in [3.05, 3.63) is 24.3 Å². The highest BCUT2D eigenvalue weighted by Crippen LogP contribution is 2.57. The van der Waals surface area contributed by atoms with E-state index in [0.717, 1.165) is 75.4 Å². The highest BCUT2D eigenvalue weighted by atomic mass is 16.8. The molecular weight excluding hydrogens is 1020 g/mol. The molecule has 0 aromatic heterocycles. The number of carbonyl (C=O) groups is 1. The van der Waals surface area contributed by atoms with E-state index in [0.29, 0.717) is 63.7 Å². The molecule has 0 aliphatic carbocycles. The second kappa shape index (κ2) is 22.1. The van der Waals surface area contributed by atoms with Crippen LogP contribution in [0.1, 0.15) is 170 Å². The van der Waals surface area contributed by atoms with Crippen LogP contribution < -0.4 is 0 Å². The predicted octanol–water partition coefficient (Wildman–Crippen LogP) is 7.24. The van der Waals surface area contributed by atoms with Gasteiger partial charge in [0.2, 0.25) is 0 Å². The molecule has 1 unspecified atom stereocenters. The number of fused-ring (bicyclic) bond motifs is 11. The van der Waals surface area contributed by atoms with Crippen molar-refractivity contribution in [1.29, 1.82) is 0 Å². The molecule has 0 radical (unpaired) electrons. The molecule has 30 atom stereocenters. The third-order valence-electron chi connectivity index (χ3n) is 21.9. The third-order valence-corrected chi connectivity index (χ3v) is 21.9. The molecule has 17 heteroatoms. The molecule has 444 valence electrons. The molecule has 17 nitrogen and oxygen atoms in total. The summed E-state index contributed by atoms with van der Waals surface area (Å²) in [5.41, 5.74) is 2.25. The van der Waals surface area contributed by atoms with Crippen LogP contribution in [0.25, 0.3) is 0 Å². The van der Waals surface area contributed by atoms with Crippen molar-refractivity contribution in [2.24, 2.45) is 29.6 Å². The second-order valence-electron chi connectivity index (χ2n) is 27.6. The van der Waals surface area contributed by atoms with Crippen LogP contribution in [0.2, 0.25) is 0 Å². The fraction of sp³-hybridized carbons (Fsp3) is 0.919. The van der Waals surface area contributed by atoms with E-state index < -0.39 is 42.3 Å². The molecule has 0 aromatic rings. The van der Waals surface area contributed by atoms with Gasteiger partial charge in [-0.05, 0) is 92.6 Å². The summed E-state index contributed by atoms with van der Waals surface area (Å²) in [6.07, 6.45) is 8.24. The molecule has 0 aromatic carbocycles. The predicted molar refractivity (Wildman–Crippen MR) is 284 cm³/mol. The molecule has 2 spiro atoms. The lowest BCUT2D eigenvalue weighted by Crippen LogP contribution is -2.58. The van der Waals surface area contributed by atoms with E-state index in [2.05, 4.69) is 54.7 Å². The maximum absolute atomic E-state index is 14.7. The van der Waals surface area contributed by atoms with Crippen molar-refractivity contribution < 1.29 is 81.7 Å². The van der Waals surface area contributed by atoms with E-state index in [1.165, 1.54) is 0 Å². The number of Topliss-reactive ketones (excluding diaryl/α,β-unsaturated/α-hetero) is 1. The van der Waals surface area contributed by atoms with Crippen LogP contribution in [0, 0.1) is 29.6 Å². The SMILES string of the molecule is C=C1C[C@H](CC[C@]23CC[C@H](O2)C2C[C@@H](O3)[C@H]3O[C@@H](CC(=O)C[C@@H]4[C@@H](C)[C@@H]5O[C@@H]6C[C@]7(C[C@@H]8O[C@]9(C[C@H](C)[C@@H]%10O[C@H]([C@@H](O)C[C@@H](O)CO)C[C@@H]%10O9)C[C@H](C)[C@@H]8O7)O[C@@H]6C[C@@H]5O[C@H]4C[C@H]4O[C@@H](CC)C[C@@H](C)C4=C)CC[C@@H]3O2)O[C@H]1C. The average molecular weight is 1110 g/mol.